The van der Waals surface area contributed by atoms with Crippen molar-refractivity contribution in [3.8, 4) is 44.5 Å². The molecule has 7 rings (SSSR count). The van der Waals surface area contributed by atoms with Gasteiger partial charge in [0.1, 0.15) is 0 Å². The van der Waals surface area contributed by atoms with E-state index < -0.39 is 0 Å². The Balaban J connectivity index is 1.49. The monoisotopic (exact) mass is 483 g/mol. The third-order valence-corrected chi connectivity index (χ3v) is 7.34. The maximum absolute atomic E-state index is 4.94. The summed E-state index contributed by atoms with van der Waals surface area (Å²) in [5.74, 6) is 0. The molecule has 0 N–H and O–H groups in total. The molecule has 0 saturated heterocycles. The third kappa shape index (κ3) is 3.77. The van der Waals surface area contributed by atoms with Gasteiger partial charge in [0.25, 0.3) is 0 Å². The van der Waals surface area contributed by atoms with Crippen LogP contribution in [0.3, 0.4) is 0 Å². The average Bonchev–Trinajstić information content (AvgIpc) is 3.01. The molecule has 0 aliphatic rings. The smallest absolute Gasteiger partial charge is 0.0792 e. The fourth-order valence-corrected chi connectivity index (χ4v) is 5.61. The lowest BCUT2D eigenvalue weighted by molar-refractivity contribution is 1.42. The van der Waals surface area contributed by atoms with Gasteiger partial charge in [0.15, 0.2) is 0 Å². The van der Waals surface area contributed by atoms with E-state index >= 15 is 0 Å². The molecule has 1 heteroatoms. The predicted octanol–water partition coefficient (Wildman–Crippen LogP) is 10.1. The SMILES string of the molecule is c1ccc(-c2ccc(-c3ccccc3-c3c4ccccc4c(-c4ccccc4)c4ncccc34)cc2)cc1. The summed E-state index contributed by atoms with van der Waals surface area (Å²) in [7, 11) is 0. The quantitative estimate of drug-likeness (QED) is 0.227. The second kappa shape index (κ2) is 9.46. The fraction of sp³-hybridized carbons (Fsp3) is 0. The third-order valence-electron chi connectivity index (χ3n) is 7.34. The predicted molar refractivity (Wildman–Crippen MR) is 161 cm³/mol. The van der Waals surface area contributed by atoms with Gasteiger partial charge in [-0.1, -0.05) is 140 Å². The van der Waals surface area contributed by atoms with E-state index in [1.54, 1.807) is 0 Å². The van der Waals surface area contributed by atoms with Crippen molar-refractivity contribution in [2.75, 3.05) is 0 Å². The number of hydrogen-bond acceptors (Lipinski definition) is 1. The Kier molecular flexibility index (Phi) is 5.53. The maximum Gasteiger partial charge on any atom is 0.0792 e. The molecule has 0 atom stereocenters. The number of aromatic nitrogens is 1. The number of pyridine rings is 1. The first-order valence-corrected chi connectivity index (χ1v) is 13.0. The highest BCUT2D eigenvalue weighted by Gasteiger charge is 2.19. The first-order chi connectivity index (χ1) is 18.9. The Morgan fingerprint density at radius 3 is 1.53 bits per heavy atom. The zero-order valence-corrected chi connectivity index (χ0v) is 20.9. The maximum atomic E-state index is 4.94. The number of fused-ring (bicyclic) bond motifs is 2. The summed E-state index contributed by atoms with van der Waals surface area (Å²) >= 11 is 0. The molecule has 1 aromatic heterocycles. The summed E-state index contributed by atoms with van der Waals surface area (Å²) in [5.41, 5.74) is 10.7. The summed E-state index contributed by atoms with van der Waals surface area (Å²) in [6, 6.07) is 51.8. The molecular weight excluding hydrogens is 458 g/mol. The second-order valence-electron chi connectivity index (χ2n) is 9.55. The van der Waals surface area contributed by atoms with Gasteiger partial charge in [-0.2, -0.15) is 0 Å². The van der Waals surface area contributed by atoms with Crippen LogP contribution in [0.2, 0.25) is 0 Å². The van der Waals surface area contributed by atoms with Crippen molar-refractivity contribution in [2.24, 2.45) is 0 Å². The number of hydrogen-bond donors (Lipinski definition) is 0. The van der Waals surface area contributed by atoms with Gasteiger partial charge in [-0.25, -0.2) is 0 Å². The minimum absolute atomic E-state index is 1.03. The van der Waals surface area contributed by atoms with Crippen LogP contribution in [0.5, 0.6) is 0 Å². The van der Waals surface area contributed by atoms with E-state index in [9.17, 15) is 0 Å². The van der Waals surface area contributed by atoms with Crippen molar-refractivity contribution < 1.29 is 0 Å². The Labute approximate surface area is 222 Å². The highest BCUT2D eigenvalue weighted by Crippen LogP contribution is 2.45. The van der Waals surface area contributed by atoms with Gasteiger partial charge >= 0.3 is 0 Å². The van der Waals surface area contributed by atoms with Gasteiger partial charge in [0.2, 0.25) is 0 Å². The van der Waals surface area contributed by atoms with E-state index in [4.69, 9.17) is 4.98 Å². The van der Waals surface area contributed by atoms with E-state index in [1.165, 1.54) is 60.7 Å². The van der Waals surface area contributed by atoms with Crippen molar-refractivity contribution >= 4 is 21.7 Å². The van der Waals surface area contributed by atoms with E-state index in [0.29, 0.717) is 0 Å². The lowest BCUT2D eigenvalue weighted by Gasteiger charge is -2.19. The summed E-state index contributed by atoms with van der Waals surface area (Å²) in [4.78, 5) is 4.94. The van der Waals surface area contributed by atoms with Gasteiger partial charge in [0.05, 0.1) is 5.52 Å². The minimum atomic E-state index is 1.03. The molecule has 1 nitrogen and oxygen atoms in total. The number of rotatable bonds is 4. The van der Waals surface area contributed by atoms with Crippen molar-refractivity contribution in [3.63, 3.8) is 0 Å². The van der Waals surface area contributed by atoms with Crippen LogP contribution in [0, 0.1) is 0 Å². The van der Waals surface area contributed by atoms with Gasteiger partial charge in [-0.15, -0.1) is 0 Å². The molecule has 38 heavy (non-hydrogen) atoms. The Hall–Kier alpha value is -5.01. The minimum Gasteiger partial charge on any atom is -0.256 e. The van der Waals surface area contributed by atoms with Crippen LogP contribution in [-0.2, 0) is 0 Å². The lowest BCUT2D eigenvalue weighted by atomic mass is 9.85. The van der Waals surface area contributed by atoms with Gasteiger partial charge < -0.3 is 0 Å². The topological polar surface area (TPSA) is 12.9 Å². The molecule has 0 aliphatic heterocycles. The van der Waals surface area contributed by atoms with Crippen LogP contribution in [0.15, 0.2) is 152 Å². The summed E-state index contributed by atoms with van der Waals surface area (Å²) < 4.78 is 0. The lowest BCUT2D eigenvalue weighted by Crippen LogP contribution is -1.94. The Bertz CT molecular complexity index is 1830. The van der Waals surface area contributed by atoms with Crippen LogP contribution in [0.1, 0.15) is 0 Å². The van der Waals surface area contributed by atoms with Crippen LogP contribution < -0.4 is 0 Å². The number of benzene rings is 6. The van der Waals surface area contributed by atoms with E-state index in [-0.39, 0.29) is 0 Å². The van der Waals surface area contributed by atoms with E-state index in [1.807, 2.05) is 12.3 Å². The van der Waals surface area contributed by atoms with Crippen LogP contribution in [-0.4, -0.2) is 4.98 Å². The molecule has 1 heterocycles. The van der Waals surface area contributed by atoms with Crippen molar-refractivity contribution in [1.29, 1.82) is 0 Å². The number of nitrogens with zero attached hydrogens (tertiary/aromatic N) is 1. The highest BCUT2D eigenvalue weighted by atomic mass is 14.7. The van der Waals surface area contributed by atoms with Crippen LogP contribution in [0.4, 0.5) is 0 Å². The molecule has 0 amide bonds. The molecule has 0 radical (unpaired) electrons. The molecule has 0 spiro atoms. The molecule has 6 aromatic carbocycles. The zero-order chi connectivity index (χ0) is 25.3. The Morgan fingerprint density at radius 1 is 0.316 bits per heavy atom. The standard InChI is InChI=1S/C37H25N/c1-3-12-26(13-4-1)27-21-23-28(24-22-27)30-16-7-8-17-31(30)36-33-19-10-9-18-32(33)35(29-14-5-2-6-15-29)37-34(36)20-11-25-38-37/h1-25H. The van der Waals surface area contributed by atoms with Gasteiger partial charge in [-0.3, -0.25) is 4.98 Å². The highest BCUT2D eigenvalue weighted by molar-refractivity contribution is 6.21. The molecule has 0 fully saturated rings. The zero-order valence-electron chi connectivity index (χ0n) is 20.9. The van der Waals surface area contributed by atoms with Crippen molar-refractivity contribution in [2.45, 2.75) is 0 Å². The first kappa shape index (κ1) is 22.2. The summed E-state index contributed by atoms with van der Waals surface area (Å²) in [5, 5.41) is 3.62. The summed E-state index contributed by atoms with van der Waals surface area (Å²) in [6.45, 7) is 0. The Morgan fingerprint density at radius 2 is 0.816 bits per heavy atom. The van der Waals surface area contributed by atoms with Gasteiger partial charge in [0, 0.05) is 17.1 Å². The van der Waals surface area contributed by atoms with Crippen LogP contribution in [0.25, 0.3) is 66.2 Å². The van der Waals surface area contributed by atoms with E-state index in [0.717, 1.165) is 5.52 Å². The fourth-order valence-electron chi connectivity index (χ4n) is 5.61. The van der Waals surface area contributed by atoms with Crippen molar-refractivity contribution in [1.82, 2.24) is 4.98 Å². The molecular formula is C37H25N. The molecule has 0 unspecified atom stereocenters. The largest absolute Gasteiger partial charge is 0.256 e. The van der Waals surface area contributed by atoms with Gasteiger partial charge in [-0.05, 0) is 55.8 Å². The molecule has 0 aliphatic carbocycles. The normalized spacial score (nSPS) is 11.2. The molecule has 0 saturated carbocycles. The second-order valence-corrected chi connectivity index (χ2v) is 9.55. The molecule has 178 valence electrons. The van der Waals surface area contributed by atoms with Crippen molar-refractivity contribution in [3.05, 3.63) is 152 Å². The van der Waals surface area contributed by atoms with Crippen LogP contribution >= 0.6 is 0 Å². The summed E-state index contributed by atoms with van der Waals surface area (Å²) in [6.07, 6.45) is 1.90. The molecule has 0 bridgehead atoms. The average molecular weight is 484 g/mol. The first-order valence-electron chi connectivity index (χ1n) is 13.0. The molecule has 7 aromatic rings. The van der Waals surface area contributed by atoms with E-state index in [2.05, 4.69) is 140 Å².